The van der Waals surface area contributed by atoms with Crippen LogP contribution in [0, 0.1) is 0 Å². The van der Waals surface area contributed by atoms with Crippen LogP contribution in [0.25, 0.3) is 0 Å². The van der Waals surface area contributed by atoms with Crippen molar-refractivity contribution in [2.75, 3.05) is 13.2 Å². The summed E-state index contributed by atoms with van der Waals surface area (Å²) in [5.41, 5.74) is 0. The van der Waals surface area contributed by atoms with E-state index in [2.05, 4.69) is 12.2 Å². The van der Waals surface area contributed by atoms with Gasteiger partial charge in [-0.05, 0) is 26.2 Å². The number of hydrogen-bond donors (Lipinski definition) is 5. The molecule has 1 amide bonds. The van der Waals surface area contributed by atoms with Crippen molar-refractivity contribution in [3.05, 3.63) is 0 Å². The lowest BCUT2D eigenvalue weighted by atomic mass is 9.99. The van der Waals surface area contributed by atoms with E-state index in [1.807, 2.05) is 6.92 Å². The molecule has 6 unspecified atom stereocenters. The van der Waals surface area contributed by atoms with E-state index < -0.39 is 37.3 Å². The maximum Gasteiger partial charge on any atom is 0.220 e. The van der Waals surface area contributed by atoms with Crippen molar-refractivity contribution in [3.63, 3.8) is 0 Å². The summed E-state index contributed by atoms with van der Waals surface area (Å²) in [5.74, 6) is 0.0156. The molecule has 6 atom stereocenters. The van der Waals surface area contributed by atoms with Crippen LogP contribution in [0.1, 0.15) is 58.8 Å². The van der Waals surface area contributed by atoms with E-state index in [0.29, 0.717) is 19.3 Å². The Labute approximate surface area is 155 Å². The molecule has 0 aliphatic carbocycles. The van der Waals surface area contributed by atoms with Crippen molar-refractivity contribution in [1.29, 1.82) is 0 Å². The molecule has 0 aromatic heterocycles. The topological polar surface area (TPSA) is 128 Å². The van der Waals surface area contributed by atoms with E-state index in [1.165, 1.54) is 6.42 Å². The van der Waals surface area contributed by atoms with Crippen molar-refractivity contribution >= 4 is 5.91 Å². The number of aliphatic hydroxyl groups excluding tert-OH is 4. The van der Waals surface area contributed by atoms with Crippen molar-refractivity contribution in [1.82, 2.24) is 5.32 Å². The van der Waals surface area contributed by atoms with Crippen molar-refractivity contribution in [2.45, 2.75) is 95.5 Å². The summed E-state index contributed by atoms with van der Waals surface area (Å²) in [7, 11) is 0. The van der Waals surface area contributed by atoms with Gasteiger partial charge in [0.05, 0.1) is 6.61 Å². The van der Waals surface area contributed by atoms with Gasteiger partial charge in [0, 0.05) is 19.1 Å². The molecule has 1 aliphatic heterocycles. The lowest BCUT2D eigenvalue weighted by Gasteiger charge is -2.39. The number of amides is 1. The van der Waals surface area contributed by atoms with Crippen LogP contribution in [-0.4, -0.2) is 76.3 Å². The average molecular weight is 377 g/mol. The molecule has 0 spiro atoms. The van der Waals surface area contributed by atoms with Gasteiger partial charge in [0.15, 0.2) is 6.29 Å². The maximum absolute atomic E-state index is 11.9. The Morgan fingerprint density at radius 2 is 1.85 bits per heavy atom. The maximum atomic E-state index is 11.9. The average Bonchev–Trinajstić information content (AvgIpc) is 2.61. The fourth-order valence-corrected chi connectivity index (χ4v) is 2.91. The number of unbranched alkanes of at least 4 members (excludes halogenated alkanes) is 3. The first-order chi connectivity index (χ1) is 12.4. The van der Waals surface area contributed by atoms with Gasteiger partial charge >= 0.3 is 0 Å². The predicted octanol–water partition coefficient (Wildman–Crippen LogP) is 0.0582. The molecule has 154 valence electrons. The zero-order valence-electron chi connectivity index (χ0n) is 15.8. The zero-order valence-corrected chi connectivity index (χ0v) is 15.8. The molecule has 0 bridgehead atoms. The molecule has 1 fully saturated rings. The second-order valence-electron chi connectivity index (χ2n) is 6.99. The standard InChI is InChI=1S/C18H35NO7/c1-3-4-5-8-12(2)19-14(21)9-6-7-10-25-18-17(24)16(23)15(22)13(11-20)26-18/h12-13,15-18,20,22-24H,3-11H2,1-2H3,(H,19,21). The summed E-state index contributed by atoms with van der Waals surface area (Å²) in [6.07, 6.45) is -0.247. The minimum Gasteiger partial charge on any atom is -0.394 e. The van der Waals surface area contributed by atoms with Gasteiger partial charge in [0.25, 0.3) is 0 Å². The molecule has 0 aromatic carbocycles. The Morgan fingerprint density at radius 3 is 2.50 bits per heavy atom. The lowest BCUT2D eigenvalue weighted by molar-refractivity contribution is -0.301. The SMILES string of the molecule is CCCCCC(C)NC(=O)CCCCOC1OC(CO)C(O)C(O)C1O. The molecule has 1 heterocycles. The normalized spacial score (nSPS) is 30.2. The van der Waals surface area contributed by atoms with Crippen LogP contribution in [0.5, 0.6) is 0 Å². The summed E-state index contributed by atoms with van der Waals surface area (Å²) in [6, 6.07) is 0.180. The van der Waals surface area contributed by atoms with Gasteiger partial charge in [-0.15, -0.1) is 0 Å². The molecular weight excluding hydrogens is 342 g/mol. The van der Waals surface area contributed by atoms with Crippen LogP contribution >= 0.6 is 0 Å². The Morgan fingerprint density at radius 1 is 1.12 bits per heavy atom. The molecule has 8 heteroatoms. The number of nitrogens with one attached hydrogen (secondary N) is 1. The van der Waals surface area contributed by atoms with Crippen LogP contribution in [0.3, 0.4) is 0 Å². The Hall–Kier alpha value is -0.770. The quantitative estimate of drug-likeness (QED) is 0.304. The van der Waals surface area contributed by atoms with Crippen LogP contribution in [0.2, 0.25) is 0 Å². The third-order valence-corrected chi connectivity index (χ3v) is 4.58. The molecule has 8 nitrogen and oxygen atoms in total. The minimum absolute atomic E-state index is 0.0156. The second-order valence-corrected chi connectivity index (χ2v) is 6.99. The number of hydrogen-bond acceptors (Lipinski definition) is 7. The van der Waals surface area contributed by atoms with Gasteiger partial charge in [-0.3, -0.25) is 4.79 Å². The fraction of sp³-hybridized carbons (Fsp3) is 0.944. The fourth-order valence-electron chi connectivity index (χ4n) is 2.91. The van der Waals surface area contributed by atoms with E-state index in [0.717, 1.165) is 19.3 Å². The molecule has 1 aliphatic rings. The summed E-state index contributed by atoms with van der Waals surface area (Å²) in [6.45, 7) is 3.91. The smallest absolute Gasteiger partial charge is 0.220 e. The van der Waals surface area contributed by atoms with Gasteiger partial charge < -0.3 is 35.2 Å². The third-order valence-electron chi connectivity index (χ3n) is 4.58. The van der Waals surface area contributed by atoms with Crippen molar-refractivity contribution < 1.29 is 34.7 Å². The van der Waals surface area contributed by atoms with Crippen molar-refractivity contribution in [3.8, 4) is 0 Å². The third kappa shape index (κ3) is 7.85. The van der Waals surface area contributed by atoms with Crippen LogP contribution in [-0.2, 0) is 14.3 Å². The summed E-state index contributed by atoms with van der Waals surface area (Å²) in [4.78, 5) is 11.9. The molecule has 0 aromatic rings. The Balaban J connectivity index is 2.17. The summed E-state index contributed by atoms with van der Waals surface area (Å²) < 4.78 is 10.6. The summed E-state index contributed by atoms with van der Waals surface area (Å²) >= 11 is 0. The Bertz CT molecular complexity index is 394. The second kappa shape index (κ2) is 12.6. The molecule has 0 saturated carbocycles. The lowest BCUT2D eigenvalue weighted by Crippen LogP contribution is -2.59. The number of ether oxygens (including phenoxy) is 2. The van der Waals surface area contributed by atoms with Crippen LogP contribution in [0.15, 0.2) is 0 Å². The monoisotopic (exact) mass is 377 g/mol. The van der Waals surface area contributed by atoms with Gasteiger partial charge in [0.1, 0.15) is 24.4 Å². The molecule has 5 N–H and O–H groups in total. The number of rotatable bonds is 12. The first kappa shape index (κ1) is 23.3. The molecule has 26 heavy (non-hydrogen) atoms. The number of carbonyl (C=O) groups is 1. The van der Waals surface area contributed by atoms with E-state index in [4.69, 9.17) is 14.6 Å². The van der Waals surface area contributed by atoms with E-state index in [9.17, 15) is 20.1 Å². The first-order valence-electron chi connectivity index (χ1n) is 9.62. The summed E-state index contributed by atoms with van der Waals surface area (Å²) in [5, 5.41) is 41.3. The van der Waals surface area contributed by atoms with E-state index in [1.54, 1.807) is 0 Å². The van der Waals surface area contributed by atoms with Crippen LogP contribution in [0.4, 0.5) is 0 Å². The molecule has 1 rings (SSSR count). The highest BCUT2D eigenvalue weighted by Crippen LogP contribution is 2.22. The number of aliphatic hydroxyl groups is 4. The van der Waals surface area contributed by atoms with Gasteiger partial charge in [-0.2, -0.15) is 0 Å². The Kier molecular flexibility index (Phi) is 11.3. The van der Waals surface area contributed by atoms with Crippen molar-refractivity contribution in [2.24, 2.45) is 0 Å². The van der Waals surface area contributed by atoms with Gasteiger partial charge in [0.2, 0.25) is 5.91 Å². The number of carbonyl (C=O) groups excluding carboxylic acids is 1. The largest absolute Gasteiger partial charge is 0.394 e. The van der Waals surface area contributed by atoms with Gasteiger partial charge in [-0.25, -0.2) is 0 Å². The highest BCUT2D eigenvalue weighted by Gasteiger charge is 2.43. The highest BCUT2D eigenvalue weighted by molar-refractivity contribution is 5.76. The minimum atomic E-state index is -1.44. The molecular formula is C18H35NO7. The predicted molar refractivity (Wildman–Crippen MR) is 95.3 cm³/mol. The first-order valence-corrected chi connectivity index (χ1v) is 9.62. The molecule has 1 saturated heterocycles. The van der Waals surface area contributed by atoms with E-state index >= 15 is 0 Å². The van der Waals surface area contributed by atoms with E-state index in [-0.39, 0.29) is 18.6 Å². The molecule has 0 radical (unpaired) electrons. The van der Waals surface area contributed by atoms with Crippen LogP contribution < -0.4 is 5.32 Å². The highest BCUT2D eigenvalue weighted by atomic mass is 16.7. The van der Waals surface area contributed by atoms with Gasteiger partial charge in [-0.1, -0.05) is 26.2 Å². The zero-order chi connectivity index (χ0) is 19.5.